The van der Waals surface area contributed by atoms with E-state index in [4.69, 9.17) is 10.5 Å². The molecule has 0 aliphatic heterocycles. The third-order valence-electron chi connectivity index (χ3n) is 2.65. The third-order valence-corrected chi connectivity index (χ3v) is 4.09. The Kier molecular flexibility index (Phi) is 8.26. The summed E-state index contributed by atoms with van der Waals surface area (Å²) in [5.74, 6) is -0.175. The minimum absolute atomic E-state index is 0. The van der Waals surface area contributed by atoms with Crippen LogP contribution < -0.4 is 20.5 Å². The Labute approximate surface area is 130 Å². The lowest BCUT2D eigenvalue weighted by Gasteiger charge is -2.11. The molecule has 0 aliphatic carbocycles. The van der Waals surface area contributed by atoms with Gasteiger partial charge in [0.05, 0.1) is 7.11 Å². The highest BCUT2D eigenvalue weighted by atomic mass is 35.5. The molecular formula is C12H20ClN3O4S. The molecule has 9 heteroatoms. The van der Waals surface area contributed by atoms with Crippen LogP contribution in [0.5, 0.6) is 5.75 Å². The van der Waals surface area contributed by atoms with Gasteiger partial charge in [-0.15, -0.1) is 12.4 Å². The molecule has 4 N–H and O–H groups in total. The minimum Gasteiger partial charge on any atom is -0.495 e. The zero-order valence-electron chi connectivity index (χ0n) is 11.9. The molecule has 1 amide bonds. The van der Waals surface area contributed by atoms with Crippen LogP contribution in [0.3, 0.4) is 0 Å². The molecule has 1 rings (SSSR count). The highest BCUT2D eigenvalue weighted by Crippen LogP contribution is 2.24. The number of nitrogens with one attached hydrogen (secondary N) is 2. The summed E-state index contributed by atoms with van der Waals surface area (Å²) in [6.07, 6.45) is 0.656. The lowest BCUT2D eigenvalue weighted by molar-refractivity contribution is 0.0953. The van der Waals surface area contributed by atoms with Crippen molar-refractivity contribution in [1.29, 1.82) is 0 Å². The lowest BCUT2D eigenvalue weighted by Crippen LogP contribution is -2.26. The molecule has 7 nitrogen and oxygen atoms in total. The minimum atomic E-state index is -3.70. The Morgan fingerprint density at radius 2 is 2.05 bits per heavy atom. The molecule has 0 spiro atoms. The highest BCUT2D eigenvalue weighted by molar-refractivity contribution is 7.89. The number of hydrogen-bond donors (Lipinski definition) is 3. The van der Waals surface area contributed by atoms with Gasteiger partial charge in [0.2, 0.25) is 10.0 Å². The average molecular weight is 338 g/mol. The highest BCUT2D eigenvalue weighted by Gasteiger charge is 2.19. The van der Waals surface area contributed by atoms with E-state index in [9.17, 15) is 13.2 Å². The molecule has 21 heavy (non-hydrogen) atoms. The summed E-state index contributed by atoms with van der Waals surface area (Å²) in [7, 11) is -1.04. The number of amides is 1. The first-order valence-electron chi connectivity index (χ1n) is 6.06. The number of carbonyl (C=O) groups excluding carboxylic acids is 1. The number of rotatable bonds is 7. The van der Waals surface area contributed by atoms with Crippen LogP contribution in [0.15, 0.2) is 23.1 Å². The van der Waals surface area contributed by atoms with Gasteiger partial charge in [0, 0.05) is 12.1 Å². The number of ether oxygens (including phenoxy) is 1. The standard InChI is InChI=1S/C12H19N3O4S.ClH/c1-14-20(17,18)11-8-9(4-5-10(11)19-2)12(16)15-7-3-6-13;/h4-5,8,14H,3,6-7,13H2,1-2H3,(H,15,16);1H. The van der Waals surface area contributed by atoms with E-state index in [0.717, 1.165) is 0 Å². The predicted molar refractivity (Wildman–Crippen MR) is 82.5 cm³/mol. The molecule has 120 valence electrons. The molecule has 0 radical (unpaired) electrons. The maximum absolute atomic E-state index is 11.9. The van der Waals surface area contributed by atoms with Crippen molar-refractivity contribution in [3.63, 3.8) is 0 Å². The van der Waals surface area contributed by atoms with Crippen LogP contribution >= 0.6 is 12.4 Å². The second kappa shape index (κ2) is 8.83. The Balaban J connectivity index is 0.00000400. The first kappa shape index (κ1) is 19.7. The monoisotopic (exact) mass is 337 g/mol. The van der Waals surface area contributed by atoms with Crippen LogP contribution in [0.2, 0.25) is 0 Å². The largest absolute Gasteiger partial charge is 0.495 e. The molecule has 0 atom stereocenters. The van der Waals surface area contributed by atoms with E-state index in [1.165, 1.54) is 32.4 Å². The van der Waals surface area contributed by atoms with Crippen molar-refractivity contribution in [2.24, 2.45) is 5.73 Å². The van der Waals surface area contributed by atoms with Crippen molar-refractivity contribution >= 4 is 28.3 Å². The van der Waals surface area contributed by atoms with E-state index >= 15 is 0 Å². The van der Waals surface area contributed by atoms with Crippen molar-refractivity contribution in [3.8, 4) is 5.75 Å². The summed E-state index contributed by atoms with van der Waals surface area (Å²) in [6.45, 7) is 0.914. The van der Waals surface area contributed by atoms with Gasteiger partial charge in [0.25, 0.3) is 5.91 Å². The number of nitrogens with two attached hydrogens (primary N) is 1. The predicted octanol–water partition coefficient (Wildman–Crippen LogP) is 0.104. The van der Waals surface area contributed by atoms with Crippen LogP contribution in [-0.2, 0) is 10.0 Å². The summed E-state index contributed by atoms with van der Waals surface area (Å²) in [4.78, 5) is 11.8. The van der Waals surface area contributed by atoms with E-state index in [-0.39, 0.29) is 34.5 Å². The van der Waals surface area contributed by atoms with Crippen LogP contribution in [0.25, 0.3) is 0 Å². The molecule has 0 saturated carbocycles. The summed E-state index contributed by atoms with van der Waals surface area (Å²) >= 11 is 0. The second-order valence-corrected chi connectivity index (χ2v) is 5.83. The first-order valence-corrected chi connectivity index (χ1v) is 7.54. The zero-order valence-corrected chi connectivity index (χ0v) is 13.5. The Hall–Kier alpha value is -1.35. The maximum Gasteiger partial charge on any atom is 0.251 e. The van der Waals surface area contributed by atoms with Gasteiger partial charge in [-0.25, -0.2) is 13.1 Å². The Morgan fingerprint density at radius 3 is 2.57 bits per heavy atom. The Morgan fingerprint density at radius 1 is 1.38 bits per heavy atom. The van der Waals surface area contributed by atoms with E-state index < -0.39 is 10.0 Å². The van der Waals surface area contributed by atoms with Gasteiger partial charge >= 0.3 is 0 Å². The fourth-order valence-corrected chi connectivity index (χ4v) is 2.46. The van der Waals surface area contributed by atoms with E-state index in [2.05, 4.69) is 10.0 Å². The zero-order chi connectivity index (χ0) is 15.2. The average Bonchev–Trinajstić information content (AvgIpc) is 2.46. The molecule has 1 aromatic rings. The maximum atomic E-state index is 11.9. The van der Waals surface area contributed by atoms with E-state index in [0.29, 0.717) is 19.5 Å². The molecule has 0 heterocycles. The van der Waals surface area contributed by atoms with Gasteiger partial charge < -0.3 is 15.8 Å². The van der Waals surface area contributed by atoms with Crippen molar-refractivity contribution in [2.45, 2.75) is 11.3 Å². The van der Waals surface area contributed by atoms with Gasteiger partial charge in [-0.05, 0) is 38.2 Å². The first-order chi connectivity index (χ1) is 9.46. The van der Waals surface area contributed by atoms with Crippen LogP contribution in [0.1, 0.15) is 16.8 Å². The van der Waals surface area contributed by atoms with Gasteiger partial charge in [-0.1, -0.05) is 0 Å². The van der Waals surface area contributed by atoms with Crippen molar-refractivity contribution < 1.29 is 17.9 Å². The van der Waals surface area contributed by atoms with E-state index in [1.54, 1.807) is 0 Å². The van der Waals surface area contributed by atoms with Gasteiger partial charge in [0.1, 0.15) is 10.6 Å². The molecule has 0 saturated heterocycles. The molecule has 0 aliphatic rings. The van der Waals surface area contributed by atoms with Gasteiger partial charge in [-0.2, -0.15) is 0 Å². The SMILES string of the molecule is CNS(=O)(=O)c1cc(C(=O)NCCCN)ccc1OC.Cl. The normalized spacial score (nSPS) is 10.6. The van der Waals surface area contributed by atoms with Crippen molar-refractivity contribution in [3.05, 3.63) is 23.8 Å². The van der Waals surface area contributed by atoms with Crippen LogP contribution in [0, 0.1) is 0 Å². The molecule has 1 aromatic carbocycles. The fraction of sp³-hybridized carbons (Fsp3) is 0.417. The van der Waals surface area contributed by atoms with Crippen LogP contribution in [-0.4, -0.2) is 41.6 Å². The Bertz CT molecular complexity index is 578. The molecule has 0 aromatic heterocycles. The topological polar surface area (TPSA) is 111 Å². The number of halogens is 1. The number of carbonyl (C=O) groups is 1. The molecule has 0 fully saturated rings. The summed E-state index contributed by atoms with van der Waals surface area (Å²) < 4.78 is 30.9. The van der Waals surface area contributed by atoms with Gasteiger partial charge in [-0.3, -0.25) is 4.79 Å². The quantitative estimate of drug-likeness (QED) is 0.611. The van der Waals surface area contributed by atoms with Gasteiger partial charge in [0.15, 0.2) is 0 Å². The number of sulfonamides is 1. The molecule has 0 bridgehead atoms. The van der Waals surface area contributed by atoms with Crippen molar-refractivity contribution in [2.75, 3.05) is 27.2 Å². The smallest absolute Gasteiger partial charge is 0.251 e. The number of hydrogen-bond acceptors (Lipinski definition) is 5. The number of benzene rings is 1. The summed E-state index contributed by atoms with van der Waals surface area (Å²) in [5, 5.41) is 2.66. The fourth-order valence-electron chi connectivity index (χ4n) is 1.54. The van der Waals surface area contributed by atoms with Crippen molar-refractivity contribution in [1.82, 2.24) is 10.0 Å². The third kappa shape index (κ3) is 5.16. The molecule has 0 unspecified atom stereocenters. The van der Waals surface area contributed by atoms with E-state index in [1.807, 2.05) is 0 Å². The summed E-state index contributed by atoms with van der Waals surface area (Å²) in [6, 6.07) is 4.23. The lowest BCUT2D eigenvalue weighted by atomic mass is 10.2. The number of methoxy groups -OCH3 is 1. The second-order valence-electron chi connectivity index (χ2n) is 3.97. The van der Waals surface area contributed by atoms with Crippen LogP contribution in [0.4, 0.5) is 0 Å². The molecular weight excluding hydrogens is 318 g/mol. The summed E-state index contributed by atoms with van der Waals surface area (Å²) in [5.41, 5.74) is 5.58.